The largest absolute Gasteiger partial charge is 0.354 e. The number of halogens is 1. The Bertz CT molecular complexity index is 1310. The van der Waals surface area contributed by atoms with Gasteiger partial charge >= 0.3 is 0 Å². The fraction of sp³-hybridized carbons (Fsp3) is 0.259. The molecule has 0 saturated carbocycles. The number of benzene rings is 3. The number of anilines is 3. The fourth-order valence-electron chi connectivity index (χ4n) is 4.02. The Morgan fingerprint density at radius 1 is 0.816 bits per heavy atom. The Morgan fingerprint density at radius 2 is 1.45 bits per heavy atom. The standard InChI is InChI=1S/C27H31N5O4S.ClH/c33-26(29-18-20-14-16-28-17-15-20)19-30-27(34)21-10-12-23(13-11-21)37(35,36)32-25-9-5-4-8-24(25)31-22-6-2-1-3-7-22;/h1-13,20,28,31-32H,14-19H2,(H,29,33)(H,30,34);1H. The van der Waals surface area contributed by atoms with Crippen molar-refractivity contribution in [2.24, 2.45) is 5.92 Å². The van der Waals surface area contributed by atoms with Gasteiger partial charge in [0.05, 0.1) is 22.8 Å². The number of para-hydroxylation sites is 3. The van der Waals surface area contributed by atoms with Gasteiger partial charge in [0.2, 0.25) is 5.91 Å². The SMILES string of the molecule is Cl.O=C(CNC(=O)c1ccc(S(=O)(=O)Nc2ccccc2Nc2ccccc2)cc1)NCC1CCNCC1. The molecule has 11 heteroatoms. The van der Waals surface area contributed by atoms with Crippen LogP contribution in [-0.2, 0) is 14.8 Å². The van der Waals surface area contributed by atoms with E-state index in [0.717, 1.165) is 31.6 Å². The van der Waals surface area contributed by atoms with Crippen LogP contribution >= 0.6 is 12.4 Å². The molecule has 9 nitrogen and oxygen atoms in total. The van der Waals surface area contributed by atoms with E-state index in [1.165, 1.54) is 24.3 Å². The number of rotatable bonds is 10. The average molecular weight is 558 g/mol. The maximum absolute atomic E-state index is 13.0. The molecule has 5 N–H and O–H groups in total. The van der Waals surface area contributed by atoms with Crippen molar-refractivity contribution in [2.45, 2.75) is 17.7 Å². The van der Waals surface area contributed by atoms with Gasteiger partial charge in [-0.25, -0.2) is 8.42 Å². The quantitative estimate of drug-likeness (QED) is 0.259. The summed E-state index contributed by atoms with van der Waals surface area (Å²) in [5.41, 5.74) is 2.08. The van der Waals surface area contributed by atoms with Gasteiger partial charge in [0.25, 0.3) is 15.9 Å². The number of hydrogen-bond acceptors (Lipinski definition) is 6. The number of piperidine rings is 1. The molecule has 2 amide bonds. The highest BCUT2D eigenvalue weighted by Gasteiger charge is 2.18. The number of sulfonamides is 1. The van der Waals surface area contributed by atoms with Gasteiger partial charge in [0.15, 0.2) is 0 Å². The summed E-state index contributed by atoms with van der Waals surface area (Å²) >= 11 is 0. The first kappa shape index (κ1) is 29.0. The van der Waals surface area contributed by atoms with E-state index >= 15 is 0 Å². The molecule has 0 unspecified atom stereocenters. The van der Waals surface area contributed by atoms with Gasteiger partial charge in [-0.1, -0.05) is 30.3 Å². The molecular weight excluding hydrogens is 526 g/mol. The molecule has 4 rings (SSSR count). The summed E-state index contributed by atoms with van der Waals surface area (Å²) < 4.78 is 28.6. The van der Waals surface area contributed by atoms with Crippen molar-refractivity contribution in [3.63, 3.8) is 0 Å². The highest BCUT2D eigenvalue weighted by Crippen LogP contribution is 2.27. The minimum absolute atomic E-state index is 0. The smallest absolute Gasteiger partial charge is 0.261 e. The van der Waals surface area contributed by atoms with Crippen molar-refractivity contribution in [3.8, 4) is 0 Å². The summed E-state index contributed by atoms with van der Waals surface area (Å²) in [5.74, 6) is -0.255. The molecule has 0 radical (unpaired) electrons. The number of hydrogen-bond donors (Lipinski definition) is 5. The number of carbonyl (C=O) groups excluding carboxylic acids is 2. The van der Waals surface area contributed by atoms with Crippen molar-refractivity contribution in [3.05, 3.63) is 84.4 Å². The molecule has 0 bridgehead atoms. The molecule has 38 heavy (non-hydrogen) atoms. The summed E-state index contributed by atoms with van der Waals surface area (Å²) in [4.78, 5) is 24.6. The van der Waals surface area contributed by atoms with Gasteiger partial charge in [-0.2, -0.15) is 0 Å². The first-order chi connectivity index (χ1) is 17.9. The van der Waals surface area contributed by atoms with Crippen LogP contribution in [0.25, 0.3) is 0 Å². The van der Waals surface area contributed by atoms with Crippen molar-refractivity contribution >= 4 is 51.3 Å². The summed E-state index contributed by atoms with van der Waals surface area (Å²) in [6.45, 7) is 2.36. The van der Waals surface area contributed by atoms with Crippen LogP contribution in [0.3, 0.4) is 0 Å². The van der Waals surface area contributed by atoms with E-state index in [-0.39, 0.29) is 35.3 Å². The second-order valence-electron chi connectivity index (χ2n) is 8.85. The molecule has 1 heterocycles. The van der Waals surface area contributed by atoms with E-state index in [9.17, 15) is 18.0 Å². The number of carbonyl (C=O) groups is 2. The molecule has 1 aliphatic rings. The first-order valence-electron chi connectivity index (χ1n) is 12.2. The monoisotopic (exact) mass is 557 g/mol. The molecule has 3 aromatic rings. The third-order valence-electron chi connectivity index (χ3n) is 6.11. The van der Waals surface area contributed by atoms with Crippen molar-refractivity contribution in [1.29, 1.82) is 0 Å². The minimum Gasteiger partial charge on any atom is -0.354 e. The predicted octanol–water partition coefficient (Wildman–Crippen LogP) is 3.50. The third-order valence-corrected chi connectivity index (χ3v) is 7.49. The highest BCUT2D eigenvalue weighted by atomic mass is 35.5. The van der Waals surface area contributed by atoms with Gasteiger partial charge < -0.3 is 21.3 Å². The normalized spacial score (nSPS) is 13.6. The van der Waals surface area contributed by atoms with E-state index in [1.54, 1.807) is 18.2 Å². The van der Waals surface area contributed by atoms with E-state index in [0.29, 0.717) is 23.8 Å². The third kappa shape index (κ3) is 8.20. The van der Waals surface area contributed by atoms with Gasteiger partial charge in [-0.05, 0) is 80.4 Å². The Labute approximate surface area is 229 Å². The Morgan fingerprint density at radius 3 is 2.13 bits per heavy atom. The molecule has 0 atom stereocenters. The molecule has 0 aliphatic carbocycles. The molecular formula is C27H32ClN5O4S. The fourth-order valence-corrected chi connectivity index (χ4v) is 5.10. The summed E-state index contributed by atoms with van der Waals surface area (Å²) in [6.07, 6.45) is 2.04. The van der Waals surface area contributed by atoms with Gasteiger partial charge in [0, 0.05) is 17.8 Å². The minimum atomic E-state index is -3.90. The lowest BCUT2D eigenvalue weighted by molar-refractivity contribution is -0.120. The second kappa shape index (κ2) is 13.8. The van der Waals surface area contributed by atoms with Crippen LogP contribution in [0.1, 0.15) is 23.2 Å². The van der Waals surface area contributed by atoms with E-state index in [2.05, 4.69) is 26.0 Å². The highest BCUT2D eigenvalue weighted by molar-refractivity contribution is 7.92. The predicted molar refractivity (Wildman–Crippen MR) is 152 cm³/mol. The first-order valence-corrected chi connectivity index (χ1v) is 13.7. The molecule has 0 aromatic heterocycles. The van der Waals surface area contributed by atoms with Crippen LogP contribution in [0.5, 0.6) is 0 Å². The van der Waals surface area contributed by atoms with Crippen LogP contribution in [0.4, 0.5) is 17.1 Å². The average Bonchev–Trinajstić information content (AvgIpc) is 2.93. The van der Waals surface area contributed by atoms with E-state index in [1.807, 2.05) is 36.4 Å². The molecule has 3 aromatic carbocycles. The van der Waals surface area contributed by atoms with Crippen molar-refractivity contribution in [2.75, 3.05) is 36.2 Å². The Kier molecular flexibility index (Phi) is 10.5. The Balaban J connectivity index is 0.00000400. The Hall–Kier alpha value is -3.60. The van der Waals surface area contributed by atoms with Crippen LogP contribution < -0.4 is 26.0 Å². The molecule has 0 spiro atoms. The molecule has 1 aliphatic heterocycles. The summed E-state index contributed by atoms with van der Waals surface area (Å²) in [7, 11) is -3.90. The van der Waals surface area contributed by atoms with Crippen molar-refractivity contribution < 1.29 is 18.0 Å². The molecule has 1 saturated heterocycles. The zero-order valence-electron chi connectivity index (χ0n) is 20.8. The van der Waals surface area contributed by atoms with Gasteiger partial charge in [-0.15, -0.1) is 12.4 Å². The zero-order chi connectivity index (χ0) is 26.1. The maximum Gasteiger partial charge on any atom is 0.261 e. The lowest BCUT2D eigenvalue weighted by Crippen LogP contribution is -2.40. The van der Waals surface area contributed by atoms with Crippen molar-refractivity contribution in [1.82, 2.24) is 16.0 Å². The van der Waals surface area contributed by atoms with Crippen LogP contribution in [0.2, 0.25) is 0 Å². The van der Waals surface area contributed by atoms with E-state index < -0.39 is 15.9 Å². The lowest BCUT2D eigenvalue weighted by Gasteiger charge is -2.22. The van der Waals surface area contributed by atoms with Crippen LogP contribution in [0.15, 0.2) is 83.8 Å². The topological polar surface area (TPSA) is 128 Å². The zero-order valence-corrected chi connectivity index (χ0v) is 22.4. The summed E-state index contributed by atoms with van der Waals surface area (Å²) in [6, 6.07) is 22.0. The van der Waals surface area contributed by atoms with Crippen LogP contribution in [0, 0.1) is 5.92 Å². The van der Waals surface area contributed by atoms with Gasteiger partial charge in [-0.3, -0.25) is 14.3 Å². The molecule has 1 fully saturated rings. The second-order valence-corrected chi connectivity index (χ2v) is 10.5. The summed E-state index contributed by atoms with van der Waals surface area (Å²) in [5, 5.41) is 11.9. The van der Waals surface area contributed by atoms with Crippen LogP contribution in [-0.4, -0.2) is 46.4 Å². The number of nitrogens with one attached hydrogen (secondary N) is 5. The molecule has 202 valence electrons. The lowest BCUT2D eigenvalue weighted by atomic mass is 9.98. The maximum atomic E-state index is 13.0. The van der Waals surface area contributed by atoms with Gasteiger partial charge in [0.1, 0.15) is 0 Å². The number of amides is 2. The van der Waals surface area contributed by atoms with E-state index in [4.69, 9.17) is 0 Å².